The van der Waals surface area contributed by atoms with Gasteiger partial charge in [-0.2, -0.15) is 4.98 Å². The SMILES string of the molecule is O=C(Nc1ccn(C2OC(COC(=O)c3ccccc3)C(O)C2O)c(=O)n1)c1ccccc1. The Bertz CT molecular complexity index is 1180. The average molecular weight is 451 g/mol. The third-order valence-electron chi connectivity index (χ3n) is 5.11. The van der Waals surface area contributed by atoms with Gasteiger partial charge in [0.25, 0.3) is 5.91 Å². The van der Waals surface area contributed by atoms with Gasteiger partial charge in [-0.05, 0) is 30.3 Å². The number of carbonyl (C=O) groups excluding carboxylic acids is 2. The maximum absolute atomic E-state index is 12.5. The van der Waals surface area contributed by atoms with Crippen LogP contribution < -0.4 is 11.0 Å². The van der Waals surface area contributed by atoms with Crippen molar-refractivity contribution in [1.82, 2.24) is 9.55 Å². The molecule has 1 saturated heterocycles. The minimum atomic E-state index is -1.46. The molecule has 2 aromatic carbocycles. The highest BCUT2D eigenvalue weighted by Crippen LogP contribution is 2.28. The van der Waals surface area contributed by atoms with Crippen LogP contribution in [0.4, 0.5) is 5.82 Å². The number of hydrogen-bond donors (Lipinski definition) is 3. The van der Waals surface area contributed by atoms with Crippen molar-refractivity contribution >= 4 is 17.7 Å². The molecule has 0 aliphatic carbocycles. The minimum absolute atomic E-state index is 0.0199. The van der Waals surface area contributed by atoms with E-state index < -0.39 is 42.1 Å². The highest BCUT2D eigenvalue weighted by atomic mass is 16.6. The van der Waals surface area contributed by atoms with Crippen molar-refractivity contribution in [3.8, 4) is 0 Å². The van der Waals surface area contributed by atoms with E-state index in [0.29, 0.717) is 11.1 Å². The van der Waals surface area contributed by atoms with Gasteiger partial charge < -0.3 is 25.0 Å². The fraction of sp³-hybridized carbons (Fsp3) is 0.217. The number of aromatic nitrogens is 2. The topological polar surface area (TPSA) is 140 Å². The third-order valence-corrected chi connectivity index (χ3v) is 5.11. The molecule has 0 radical (unpaired) electrons. The molecule has 1 amide bonds. The van der Waals surface area contributed by atoms with Crippen molar-refractivity contribution < 1.29 is 29.3 Å². The second-order valence-corrected chi connectivity index (χ2v) is 7.33. The summed E-state index contributed by atoms with van der Waals surface area (Å²) in [4.78, 5) is 40.6. The van der Waals surface area contributed by atoms with Gasteiger partial charge in [0.15, 0.2) is 6.23 Å². The smallest absolute Gasteiger partial charge is 0.351 e. The quantitative estimate of drug-likeness (QED) is 0.471. The minimum Gasteiger partial charge on any atom is -0.459 e. The van der Waals surface area contributed by atoms with Gasteiger partial charge in [0, 0.05) is 11.8 Å². The Kier molecular flexibility index (Phi) is 6.59. The summed E-state index contributed by atoms with van der Waals surface area (Å²) in [5.41, 5.74) is -0.0799. The van der Waals surface area contributed by atoms with Crippen LogP contribution in [0.15, 0.2) is 77.7 Å². The Morgan fingerprint density at radius 3 is 2.24 bits per heavy atom. The number of aliphatic hydroxyl groups is 2. The molecular weight excluding hydrogens is 430 g/mol. The summed E-state index contributed by atoms with van der Waals surface area (Å²) in [6, 6.07) is 18.1. The predicted octanol–water partition coefficient (Wildman–Crippen LogP) is 0.972. The van der Waals surface area contributed by atoms with E-state index in [9.17, 15) is 24.6 Å². The van der Waals surface area contributed by atoms with Gasteiger partial charge in [-0.1, -0.05) is 36.4 Å². The van der Waals surface area contributed by atoms with E-state index in [0.717, 1.165) is 4.57 Å². The van der Waals surface area contributed by atoms with Crippen LogP contribution in [0, 0.1) is 0 Å². The summed E-state index contributed by atoms with van der Waals surface area (Å²) in [6.45, 7) is -0.324. The normalized spacial score (nSPS) is 22.0. The van der Waals surface area contributed by atoms with Gasteiger partial charge in [-0.15, -0.1) is 0 Å². The Balaban J connectivity index is 1.41. The van der Waals surface area contributed by atoms with Crippen LogP contribution in [0.1, 0.15) is 26.9 Å². The molecular formula is C23H21N3O7. The van der Waals surface area contributed by atoms with Crippen molar-refractivity contribution in [3.63, 3.8) is 0 Å². The second-order valence-electron chi connectivity index (χ2n) is 7.33. The maximum Gasteiger partial charge on any atom is 0.351 e. The highest BCUT2D eigenvalue weighted by molar-refractivity contribution is 6.03. The van der Waals surface area contributed by atoms with E-state index in [-0.39, 0.29) is 12.4 Å². The first-order chi connectivity index (χ1) is 15.9. The second kappa shape index (κ2) is 9.74. The van der Waals surface area contributed by atoms with Crippen LogP contribution in [-0.4, -0.2) is 56.6 Å². The molecule has 4 atom stereocenters. The molecule has 4 unspecified atom stereocenters. The fourth-order valence-corrected chi connectivity index (χ4v) is 3.37. The molecule has 33 heavy (non-hydrogen) atoms. The molecule has 10 heteroatoms. The van der Waals surface area contributed by atoms with Crippen LogP contribution in [0.2, 0.25) is 0 Å². The summed E-state index contributed by atoms with van der Waals surface area (Å²) in [5, 5.41) is 23.2. The first-order valence-corrected chi connectivity index (χ1v) is 10.1. The monoisotopic (exact) mass is 451 g/mol. The first kappa shape index (κ1) is 22.3. The van der Waals surface area contributed by atoms with E-state index >= 15 is 0 Å². The van der Waals surface area contributed by atoms with Crippen molar-refractivity contribution in [2.45, 2.75) is 24.5 Å². The van der Waals surface area contributed by atoms with Gasteiger partial charge in [0.05, 0.1) is 5.56 Å². The van der Waals surface area contributed by atoms with Gasteiger partial charge in [-0.25, -0.2) is 9.59 Å². The Morgan fingerprint density at radius 2 is 1.61 bits per heavy atom. The Hall–Kier alpha value is -3.86. The number of nitrogens with one attached hydrogen (secondary N) is 1. The standard InChI is InChI=1S/C23H21N3O7/c27-18-16(13-32-22(30)15-9-5-2-6-10-15)33-21(19(18)28)26-12-11-17(25-23(26)31)24-20(29)14-7-3-1-4-8-14/h1-12,16,18-19,21,27-28H,13H2,(H,24,25,29,31). The Labute approximate surface area is 188 Å². The van der Waals surface area contributed by atoms with Gasteiger partial charge in [0.2, 0.25) is 0 Å². The summed E-state index contributed by atoms with van der Waals surface area (Å²) in [6.07, 6.45) is -3.88. The molecule has 3 N–H and O–H groups in total. The summed E-state index contributed by atoms with van der Waals surface area (Å²) < 4.78 is 11.7. The zero-order valence-electron chi connectivity index (χ0n) is 17.3. The Morgan fingerprint density at radius 1 is 0.970 bits per heavy atom. The number of nitrogens with zero attached hydrogens (tertiary/aromatic N) is 2. The molecule has 0 spiro atoms. The largest absolute Gasteiger partial charge is 0.459 e. The highest BCUT2D eigenvalue weighted by Gasteiger charge is 2.44. The van der Waals surface area contributed by atoms with E-state index in [2.05, 4.69) is 10.3 Å². The summed E-state index contributed by atoms with van der Waals surface area (Å²) >= 11 is 0. The lowest BCUT2D eigenvalue weighted by atomic mass is 10.1. The number of carbonyl (C=O) groups is 2. The number of rotatable bonds is 6. The fourth-order valence-electron chi connectivity index (χ4n) is 3.37. The van der Waals surface area contributed by atoms with Crippen molar-refractivity contribution in [2.75, 3.05) is 11.9 Å². The van der Waals surface area contributed by atoms with E-state index in [4.69, 9.17) is 9.47 Å². The first-order valence-electron chi connectivity index (χ1n) is 10.1. The van der Waals surface area contributed by atoms with Crippen molar-refractivity contribution in [1.29, 1.82) is 0 Å². The lowest BCUT2D eigenvalue weighted by molar-refractivity contribution is -0.0598. The van der Waals surface area contributed by atoms with Crippen LogP contribution in [-0.2, 0) is 9.47 Å². The molecule has 0 saturated carbocycles. The molecule has 4 rings (SSSR count). The summed E-state index contributed by atoms with van der Waals surface area (Å²) in [5.74, 6) is -1.03. The molecule has 2 heterocycles. The molecule has 1 aromatic heterocycles. The zero-order chi connectivity index (χ0) is 23.4. The van der Waals surface area contributed by atoms with E-state index in [1.165, 1.54) is 12.3 Å². The number of ether oxygens (including phenoxy) is 2. The van der Waals surface area contributed by atoms with E-state index in [1.807, 2.05) is 0 Å². The number of anilines is 1. The maximum atomic E-state index is 12.5. The summed E-state index contributed by atoms with van der Waals surface area (Å²) in [7, 11) is 0. The number of esters is 1. The van der Waals surface area contributed by atoms with Gasteiger partial charge in [0.1, 0.15) is 30.7 Å². The number of benzene rings is 2. The lowest BCUT2D eigenvalue weighted by Crippen LogP contribution is -2.36. The molecule has 1 fully saturated rings. The van der Waals surface area contributed by atoms with Crippen LogP contribution >= 0.6 is 0 Å². The van der Waals surface area contributed by atoms with E-state index in [1.54, 1.807) is 60.7 Å². The van der Waals surface area contributed by atoms with Gasteiger partial charge in [-0.3, -0.25) is 9.36 Å². The molecule has 3 aromatic rings. The molecule has 1 aliphatic rings. The van der Waals surface area contributed by atoms with Crippen LogP contribution in [0.3, 0.4) is 0 Å². The number of aliphatic hydroxyl groups excluding tert-OH is 2. The number of amides is 1. The van der Waals surface area contributed by atoms with Crippen LogP contribution in [0.5, 0.6) is 0 Å². The molecule has 170 valence electrons. The van der Waals surface area contributed by atoms with Crippen LogP contribution in [0.25, 0.3) is 0 Å². The van der Waals surface area contributed by atoms with Gasteiger partial charge >= 0.3 is 11.7 Å². The third kappa shape index (κ3) is 4.98. The van der Waals surface area contributed by atoms with Crippen molar-refractivity contribution in [2.24, 2.45) is 0 Å². The predicted molar refractivity (Wildman–Crippen MR) is 116 cm³/mol. The van der Waals surface area contributed by atoms with Crippen molar-refractivity contribution in [3.05, 3.63) is 94.5 Å². The molecule has 10 nitrogen and oxygen atoms in total. The molecule has 1 aliphatic heterocycles. The average Bonchev–Trinajstić information content (AvgIpc) is 3.12. The number of hydrogen-bond acceptors (Lipinski definition) is 8. The molecule has 0 bridgehead atoms. The lowest BCUT2D eigenvalue weighted by Gasteiger charge is -2.17. The zero-order valence-corrected chi connectivity index (χ0v) is 17.3.